The van der Waals surface area contributed by atoms with Crippen LogP contribution in [-0.4, -0.2) is 37.3 Å². The van der Waals surface area contributed by atoms with E-state index in [0.717, 1.165) is 25.6 Å². The average Bonchev–Trinajstić information content (AvgIpc) is 2.71. The Hall–Kier alpha value is -0.420. The van der Waals surface area contributed by atoms with Crippen molar-refractivity contribution in [2.24, 2.45) is 17.4 Å². The SMILES string of the molecule is CC(C)CCCCN.CCC(C)(C)NCCCCC(C)(C)NC/C=C/CN.CCCC. The fraction of sp³-hybridized carbons (Fsp3) is 0.926. The van der Waals surface area contributed by atoms with Gasteiger partial charge in [0.05, 0.1) is 0 Å². The highest BCUT2D eigenvalue weighted by molar-refractivity contribution is 4.88. The van der Waals surface area contributed by atoms with Crippen molar-refractivity contribution in [3.63, 3.8) is 0 Å². The zero-order chi connectivity index (χ0) is 24.6. The summed E-state index contributed by atoms with van der Waals surface area (Å²) < 4.78 is 0. The van der Waals surface area contributed by atoms with Crippen LogP contribution in [0.2, 0.25) is 0 Å². The number of nitrogens with one attached hydrogen (secondary N) is 2. The molecular formula is C27H62N4. The molecule has 0 saturated heterocycles. The minimum absolute atomic E-state index is 0.208. The van der Waals surface area contributed by atoms with Crippen molar-refractivity contribution in [3.05, 3.63) is 12.2 Å². The van der Waals surface area contributed by atoms with Gasteiger partial charge in [-0.25, -0.2) is 0 Å². The molecule has 0 fully saturated rings. The number of hydrogen-bond donors (Lipinski definition) is 4. The lowest BCUT2D eigenvalue weighted by Gasteiger charge is -2.27. The predicted molar refractivity (Wildman–Crippen MR) is 145 cm³/mol. The summed E-state index contributed by atoms with van der Waals surface area (Å²) in [7, 11) is 0. The van der Waals surface area contributed by atoms with Crippen LogP contribution >= 0.6 is 0 Å². The molecule has 4 nitrogen and oxygen atoms in total. The van der Waals surface area contributed by atoms with Gasteiger partial charge in [0.25, 0.3) is 0 Å². The highest BCUT2D eigenvalue weighted by atomic mass is 15.0. The largest absolute Gasteiger partial charge is 0.330 e. The van der Waals surface area contributed by atoms with E-state index in [4.69, 9.17) is 11.5 Å². The van der Waals surface area contributed by atoms with Crippen LogP contribution in [0, 0.1) is 5.92 Å². The first kappa shape index (κ1) is 35.2. The molecular weight excluding hydrogens is 380 g/mol. The van der Waals surface area contributed by atoms with Crippen molar-refractivity contribution in [2.45, 2.75) is 131 Å². The first-order valence-electron chi connectivity index (χ1n) is 13.1. The Kier molecular flexibility index (Phi) is 27.5. The average molecular weight is 443 g/mol. The number of hydrogen-bond acceptors (Lipinski definition) is 4. The Labute approximate surface area is 197 Å². The molecule has 0 atom stereocenters. The summed E-state index contributed by atoms with van der Waals surface area (Å²) >= 11 is 0. The summed E-state index contributed by atoms with van der Waals surface area (Å²) in [6.07, 6.45) is 15.4. The Morgan fingerprint density at radius 3 is 1.84 bits per heavy atom. The van der Waals surface area contributed by atoms with Crippen LogP contribution in [0.1, 0.15) is 120 Å². The smallest absolute Gasteiger partial charge is 0.0140 e. The van der Waals surface area contributed by atoms with Gasteiger partial charge in [0.2, 0.25) is 0 Å². The first-order valence-corrected chi connectivity index (χ1v) is 13.1. The van der Waals surface area contributed by atoms with Gasteiger partial charge >= 0.3 is 0 Å². The molecule has 0 heterocycles. The topological polar surface area (TPSA) is 76.1 Å². The second-order valence-corrected chi connectivity index (χ2v) is 10.3. The van der Waals surface area contributed by atoms with Gasteiger partial charge in [0, 0.05) is 24.2 Å². The molecule has 31 heavy (non-hydrogen) atoms. The van der Waals surface area contributed by atoms with E-state index in [2.05, 4.69) is 79.0 Å². The molecule has 0 aliphatic rings. The molecule has 6 N–H and O–H groups in total. The van der Waals surface area contributed by atoms with Crippen molar-refractivity contribution in [2.75, 3.05) is 26.2 Å². The molecule has 0 rings (SSSR count). The monoisotopic (exact) mass is 442 g/mol. The lowest BCUT2D eigenvalue weighted by Crippen LogP contribution is -2.40. The Balaban J connectivity index is -0.000000536. The van der Waals surface area contributed by atoms with E-state index in [-0.39, 0.29) is 11.1 Å². The number of rotatable bonds is 16. The molecule has 190 valence electrons. The maximum Gasteiger partial charge on any atom is 0.0140 e. The summed E-state index contributed by atoms with van der Waals surface area (Å²) in [4.78, 5) is 0. The number of nitrogens with two attached hydrogens (primary N) is 2. The van der Waals surface area contributed by atoms with E-state index in [0.29, 0.717) is 6.54 Å². The fourth-order valence-electron chi connectivity index (χ4n) is 2.54. The predicted octanol–water partition coefficient (Wildman–Crippen LogP) is 6.40. The van der Waals surface area contributed by atoms with Crippen LogP contribution in [0.25, 0.3) is 0 Å². The Morgan fingerprint density at radius 2 is 1.39 bits per heavy atom. The molecule has 0 radical (unpaired) electrons. The molecule has 0 aliphatic heterocycles. The summed E-state index contributed by atoms with van der Waals surface area (Å²) in [5, 5.41) is 7.16. The van der Waals surface area contributed by atoms with Crippen LogP contribution in [-0.2, 0) is 0 Å². The second kappa shape index (κ2) is 24.2. The molecule has 0 bridgehead atoms. The second-order valence-electron chi connectivity index (χ2n) is 10.3. The van der Waals surface area contributed by atoms with Crippen molar-refractivity contribution in [1.29, 1.82) is 0 Å². The zero-order valence-electron chi connectivity index (χ0n) is 23.1. The third-order valence-corrected chi connectivity index (χ3v) is 5.45. The maximum absolute atomic E-state index is 5.42. The van der Waals surface area contributed by atoms with Crippen molar-refractivity contribution in [1.82, 2.24) is 10.6 Å². The minimum atomic E-state index is 0.208. The molecule has 0 aromatic rings. The van der Waals surface area contributed by atoms with Gasteiger partial charge in [-0.3, -0.25) is 0 Å². The lowest BCUT2D eigenvalue weighted by atomic mass is 9.96. The lowest BCUT2D eigenvalue weighted by molar-refractivity contribution is 0.342. The van der Waals surface area contributed by atoms with E-state index in [1.165, 1.54) is 57.8 Å². The van der Waals surface area contributed by atoms with Crippen LogP contribution in [0.15, 0.2) is 12.2 Å². The van der Waals surface area contributed by atoms with E-state index in [9.17, 15) is 0 Å². The third kappa shape index (κ3) is 34.4. The summed E-state index contributed by atoms with van der Waals surface area (Å²) in [6, 6.07) is 0. The molecule has 0 unspecified atom stereocenters. The highest BCUT2D eigenvalue weighted by Crippen LogP contribution is 2.13. The van der Waals surface area contributed by atoms with Gasteiger partial charge in [-0.2, -0.15) is 0 Å². The van der Waals surface area contributed by atoms with Crippen molar-refractivity contribution in [3.8, 4) is 0 Å². The van der Waals surface area contributed by atoms with E-state index < -0.39 is 0 Å². The number of unbranched alkanes of at least 4 members (excludes halogenated alkanes) is 3. The Morgan fingerprint density at radius 1 is 0.774 bits per heavy atom. The van der Waals surface area contributed by atoms with Gasteiger partial charge in [0.15, 0.2) is 0 Å². The summed E-state index contributed by atoms with van der Waals surface area (Å²) in [5.74, 6) is 0.849. The molecule has 0 aliphatic carbocycles. The van der Waals surface area contributed by atoms with E-state index in [1.807, 2.05) is 6.08 Å². The van der Waals surface area contributed by atoms with Crippen LogP contribution in [0.4, 0.5) is 0 Å². The van der Waals surface area contributed by atoms with Gasteiger partial charge in [-0.15, -0.1) is 0 Å². The van der Waals surface area contributed by atoms with Gasteiger partial charge in [-0.05, 0) is 72.4 Å². The van der Waals surface area contributed by atoms with Crippen molar-refractivity contribution < 1.29 is 0 Å². The molecule has 0 spiro atoms. The van der Waals surface area contributed by atoms with Gasteiger partial charge in [-0.1, -0.05) is 78.9 Å². The molecule has 0 saturated carbocycles. The van der Waals surface area contributed by atoms with Crippen LogP contribution in [0.3, 0.4) is 0 Å². The van der Waals surface area contributed by atoms with Gasteiger partial charge in [0.1, 0.15) is 0 Å². The molecule has 0 aromatic carbocycles. The third-order valence-electron chi connectivity index (χ3n) is 5.45. The standard InChI is InChI=1S/C16H35N3.C7H17N.C4H10/c1-6-15(2,3)18-13-9-7-11-16(4,5)19-14-10-8-12-17;1-7(2)5-3-4-6-8;1-3-4-2/h8,10,18-19H,6-7,9,11-14,17H2,1-5H3;7H,3-6,8H2,1-2H3;3-4H2,1-2H3/b10-8+;;. The zero-order valence-corrected chi connectivity index (χ0v) is 23.1. The minimum Gasteiger partial charge on any atom is -0.330 e. The van der Waals surface area contributed by atoms with E-state index in [1.54, 1.807) is 0 Å². The Bertz CT molecular complexity index is 360. The van der Waals surface area contributed by atoms with Crippen molar-refractivity contribution >= 4 is 0 Å². The van der Waals surface area contributed by atoms with Crippen LogP contribution in [0.5, 0.6) is 0 Å². The summed E-state index contributed by atoms with van der Waals surface area (Å²) in [6.45, 7) is 23.7. The van der Waals surface area contributed by atoms with Gasteiger partial charge < -0.3 is 22.1 Å². The summed E-state index contributed by atoms with van der Waals surface area (Å²) in [5.41, 5.74) is 11.2. The molecule has 0 aromatic heterocycles. The quantitative estimate of drug-likeness (QED) is 0.165. The molecule has 4 heteroatoms. The fourth-order valence-corrected chi connectivity index (χ4v) is 2.54. The highest BCUT2D eigenvalue weighted by Gasteiger charge is 2.16. The molecule has 0 amide bonds. The van der Waals surface area contributed by atoms with E-state index >= 15 is 0 Å². The normalized spacial score (nSPS) is 11.9. The maximum atomic E-state index is 5.42. The van der Waals surface area contributed by atoms with Crippen LogP contribution < -0.4 is 22.1 Å². The first-order chi connectivity index (χ1) is 14.5.